The van der Waals surface area contributed by atoms with Gasteiger partial charge in [-0.15, -0.1) is 0 Å². The quantitative estimate of drug-likeness (QED) is 0.805. The maximum atomic E-state index is 5.62. The standard InChI is InChI=1S/C12H16N2O/c1-3-8-4-5-11(15-2)10-6-9(7-13)14-12(8)10/h4-6,14H,3,7,13H2,1-2H3. The third-order valence-corrected chi connectivity index (χ3v) is 2.72. The number of aromatic nitrogens is 1. The minimum Gasteiger partial charge on any atom is -0.496 e. The van der Waals surface area contributed by atoms with Gasteiger partial charge in [-0.3, -0.25) is 0 Å². The second-order valence-corrected chi connectivity index (χ2v) is 3.57. The summed E-state index contributed by atoms with van der Waals surface area (Å²) >= 11 is 0. The van der Waals surface area contributed by atoms with Crippen molar-refractivity contribution in [3.63, 3.8) is 0 Å². The lowest BCUT2D eigenvalue weighted by molar-refractivity contribution is 0.420. The SMILES string of the molecule is CCc1ccc(OC)c2cc(CN)[nH]c12. The molecule has 0 aliphatic heterocycles. The van der Waals surface area contributed by atoms with Gasteiger partial charge >= 0.3 is 0 Å². The van der Waals surface area contributed by atoms with Gasteiger partial charge in [0.2, 0.25) is 0 Å². The molecule has 0 spiro atoms. The fourth-order valence-corrected chi connectivity index (χ4v) is 1.89. The molecule has 2 aromatic rings. The van der Waals surface area contributed by atoms with Crippen LogP contribution in [0.5, 0.6) is 5.75 Å². The minimum absolute atomic E-state index is 0.529. The van der Waals surface area contributed by atoms with Crippen molar-refractivity contribution in [3.8, 4) is 5.75 Å². The zero-order valence-electron chi connectivity index (χ0n) is 9.13. The summed E-state index contributed by atoms with van der Waals surface area (Å²) in [5.41, 5.74) is 9.12. The van der Waals surface area contributed by atoms with Gasteiger partial charge in [-0.1, -0.05) is 13.0 Å². The Labute approximate surface area is 89.2 Å². The molecule has 2 rings (SSSR count). The second kappa shape index (κ2) is 3.95. The number of ether oxygens (including phenoxy) is 1. The Morgan fingerprint density at radius 1 is 1.40 bits per heavy atom. The summed E-state index contributed by atoms with van der Waals surface area (Å²) in [6, 6.07) is 6.17. The first kappa shape index (κ1) is 10.1. The van der Waals surface area contributed by atoms with E-state index in [9.17, 15) is 0 Å². The van der Waals surface area contributed by atoms with Crippen molar-refractivity contribution < 1.29 is 4.74 Å². The molecule has 0 amide bonds. The van der Waals surface area contributed by atoms with E-state index in [1.807, 2.05) is 6.07 Å². The van der Waals surface area contributed by atoms with E-state index in [0.717, 1.165) is 28.8 Å². The van der Waals surface area contributed by atoms with E-state index in [-0.39, 0.29) is 0 Å². The summed E-state index contributed by atoms with van der Waals surface area (Å²) in [4.78, 5) is 3.33. The summed E-state index contributed by atoms with van der Waals surface area (Å²) in [6.45, 7) is 2.67. The Balaban J connectivity index is 2.71. The number of hydrogen-bond acceptors (Lipinski definition) is 2. The summed E-state index contributed by atoms with van der Waals surface area (Å²) in [5, 5.41) is 1.12. The van der Waals surface area contributed by atoms with E-state index >= 15 is 0 Å². The number of hydrogen-bond donors (Lipinski definition) is 2. The topological polar surface area (TPSA) is 51.0 Å². The Morgan fingerprint density at radius 2 is 2.20 bits per heavy atom. The highest BCUT2D eigenvalue weighted by atomic mass is 16.5. The molecule has 0 aliphatic rings. The Hall–Kier alpha value is -1.48. The van der Waals surface area contributed by atoms with Gasteiger partial charge < -0.3 is 15.5 Å². The summed E-state index contributed by atoms with van der Waals surface area (Å²) in [5.74, 6) is 0.901. The monoisotopic (exact) mass is 204 g/mol. The van der Waals surface area contributed by atoms with Crippen molar-refractivity contribution in [2.24, 2.45) is 5.73 Å². The van der Waals surface area contributed by atoms with Gasteiger partial charge in [-0.05, 0) is 24.1 Å². The molecule has 1 aromatic carbocycles. The van der Waals surface area contributed by atoms with Gasteiger partial charge in [-0.2, -0.15) is 0 Å². The maximum absolute atomic E-state index is 5.62. The zero-order valence-corrected chi connectivity index (χ0v) is 9.13. The smallest absolute Gasteiger partial charge is 0.128 e. The molecule has 1 aromatic heterocycles. The molecule has 3 heteroatoms. The van der Waals surface area contributed by atoms with Gasteiger partial charge in [0.1, 0.15) is 5.75 Å². The van der Waals surface area contributed by atoms with Crippen molar-refractivity contribution in [2.45, 2.75) is 19.9 Å². The number of methoxy groups -OCH3 is 1. The lowest BCUT2D eigenvalue weighted by Crippen LogP contribution is -1.95. The maximum Gasteiger partial charge on any atom is 0.128 e. The van der Waals surface area contributed by atoms with Crippen LogP contribution in [0.1, 0.15) is 18.2 Å². The number of nitrogens with one attached hydrogen (secondary N) is 1. The minimum atomic E-state index is 0.529. The molecular formula is C12H16N2O. The van der Waals surface area contributed by atoms with E-state index in [2.05, 4.69) is 24.0 Å². The summed E-state index contributed by atoms with van der Waals surface area (Å²) in [7, 11) is 1.69. The van der Waals surface area contributed by atoms with Gasteiger partial charge in [0.25, 0.3) is 0 Å². The molecule has 0 fully saturated rings. The summed E-state index contributed by atoms with van der Waals surface area (Å²) in [6.07, 6.45) is 1.00. The highest BCUT2D eigenvalue weighted by Crippen LogP contribution is 2.29. The van der Waals surface area contributed by atoms with Crippen LogP contribution in [0.3, 0.4) is 0 Å². The van der Waals surface area contributed by atoms with Crippen LogP contribution in [0, 0.1) is 0 Å². The normalized spacial score (nSPS) is 10.9. The van der Waals surface area contributed by atoms with Crippen LogP contribution in [-0.4, -0.2) is 12.1 Å². The molecule has 0 saturated carbocycles. The van der Waals surface area contributed by atoms with Crippen molar-refractivity contribution in [3.05, 3.63) is 29.5 Å². The van der Waals surface area contributed by atoms with Gasteiger partial charge in [0.15, 0.2) is 0 Å². The van der Waals surface area contributed by atoms with Crippen LogP contribution in [-0.2, 0) is 13.0 Å². The van der Waals surface area contributed by atoms with E-state index in [0.29, 0.717) is 6.54 Å². The number of fused-ring (bicyclic) bond motifs is 1. The first-order chi connectivity index (χ1) is 7.30. The van der Waals surface area contributed by atoms with Crippen LogP contribution >= 0.6 is 0 Å². The first-order valence-corrected chi connectivity index (χ1v) is 5.17. The molecular weight excluding hydrogens is 188 g/mol. The molecule has 3 N–H and O–H groups in total. The average Bonchev–Trinajstić information content (AvgIpc) is 2.71. The van der Waals surface area contributed by atoms with Crippen LogP contribution in [0.2, 0.25) is 0 Å². The Kier molecular flexibility index (Phi) is 2.64. The van der Waals surface area contributed by atoms with Crippen LogP contribution in [0.25, 0.3) is 10.9 Å². The van der Waals surface area contributed by atoms with Crippen molar-refractivity contribution in [2.75, 3.05) is 7.11 Å². The Bertz CT molecular complexity index is 433. The number of aromatic amines is 1. The second-order valence-electron chi connectivity index (χ2n) is 3.57. The lowest BCUT2D eigenvalue weighted by Gasteiger charge is -2.04. The van der Waals surface area contributed by atoms with Crippen LogP contribution in [0.15, 0.2) is 18.2 Å². The fourth-order valence-electron chi connectivity index (χ4n) is 1.89. The van der Waals surface area contributed by atoms with E-state index in [4.69, 9.17) is 10.5 Å². The van der Waals surface area contributed by atoms with Gasteiger partial charge in [0, 0.05) is 17.6 Å². The van der Waals surface area contributed by atoms with E-state index < -0.39 is 0 Å². The highest BCUT2D eigenvalue weighted by Gasteiger charge is 2.08. The Morgan fingerprint density at radius 3 is 2.80 bits per heavy atom. The molecule has 15 heavy (non-hydrogen) atoms. The molecule has 0 bridgehead atoms. The van der Waals surface area contributed by atoms with Crippen molar-refractivity contribution in [1.82, 2.24) is 4.98 Å². The molecule has 0 aliphatic carbocycles. The first-order valence-electron chi connectivity index (χ1n) is 5.17. The zero-order chi connectivity index (χ0) is 10.8. The number of H-pyrrole nitrogens is 1. The predicted octanol–water partition coefficient (Wildman–Crippen LogP) is 2.20. The molecule has 0 atom stereocenters. The van der Waals surface area contributed by atoms with Gasteiger partial charge in [0.05, 0.1) is 12.6 Å². The van der Waals surface area contributed by atoms with Gasteiger partial charge in [-0.25, -0.2) is 0 Å². The average molecular weight is 204 g/mol. The number of aryl methyl sites for hydroxylation is 1. The third kappa shape index (κ3) is 1.59. The molecule has 0 saturated heterocycles. The molecule has 0 unspecified atom stereocenters. The number of nitrogens with two attached hydrogens (primary N) is 1. The van der Waals surface area contributed by atoms with Crippen molar-refractivity contribution in [1.29, 1.82) is 0 Å². The van der Waals surface area contributed by atoms with E-state index in [1.165, 1.54) is 5.56 Å². The summed E-state index contributed by atoms with van der Waals surface area (Å²) < 4.78 is 5.32. The predicted molar refractivity (Wildman–Crippen MR) is 62.1 cm³/mol. The van der Waals surface area contributed by atoms with E-state index in [1.54, 1.807) is 7.11 Å². The van der Waals surface area contributed by atoms with Crippen LogP contribution in [0.4, 0.5) is 0 Å². The lowest BCUT2D eigenvalue weighted by atomic mass is 10.1. The van der Waals surface area contributed by atoms with Crippen LogP contribution < -0.4 is 10.5 Å². The third-order valence-electron chi connectivity index (χ3n) is 2.72. The molecule has 1 heterocycles. The highest BCUT2D eigenvalue weighted by molar-refractivity contribution is 5.89. The largest absolute Gasteiger partial charge is 0.496 e. The number of benzene rings is 1. The fraction of sp³-hybridized carbons (Fsp3) is 0.333. The molecule has 80 valence electrons. The van der Waals surface area contributed by atoms with Crippen molar-refractivity contribution >= 4 is 10.9 Å². The molecule has 3 nitrogen and oxygen atoms in total. The molecule has 0 radical (unpaired) electrons. The number of rotatable bonds is 3.